The Kier molecular flexibility index (Phi) is 4.66. The fraction of sp³-hybridized carbons (Fsp3) is 0.381. The number of ether oxygens (including phenoxy) is 3. The minimum Gasteiger partial charge on any atom is -0.467 e. The molecule has 0 bridgehead atoms. The second kappa shape index (κ2) is 7.09. The molecule has 2 aromatic carbocycles. The predicted molar refractivity (Wildman–Crippen MR) is 97.0 cm³/mol. The van der Waals surface area contributed by atoms with Gasteiger partial charge in [-0.2, -0.15) is 0 Å². The maximum Gasteiger partial charge on any atom is 0.254 e. The number of carbonyl (C=O) groups is 1. The number of rotatable bonds is 2. The first-order valence-electron chi connectivity index (χ1n) is 8.98. The second-order valence-electron chi connectivity index (χ2n) is 6.90. The number of morpholine rings is 1. The van der Waals surface area contributed by atoms with E-state index in [9.17, 15) is 4.79 Å². The van der Waals surface area contributed by atoms with Crippen LogP contribution in [0.3, 0.4) is 0 Å². The highest BCUT2D eigenvalue weighted by Gasteiger charge is 2.37. The highest BCUT2D eigenvalue weighted by atomic mass is 16.7. The Balaban J connectivity index is 1.61. The lowest BCUT2D eigenvalue weighted by atomic mass is 9.97. The smallest absolute Gasteiger partial charge is 0.254 e. The minimum atomic E-state index is -0.124. The van der Waals surface area contributed by atoms with Crippen molar-refractivity contribution in [2.24, 2.45) is 0 Å². The van der Waals surface area contributed by atoms with E-state index >= 15 is 0 Å². The van der Waals surface area contributed by atoms with Gasteiger partial charge >= 0.3 is 0 Å². The Labute approximate surface area is 153 Å². The molecule has 136 valence electrons. The van der Waals surface area contributed by atoms with Crippen LogP contribution in [-0.4, -0.2) is 36.3 Å². The van der Waals surface area contributed by atoms with E-state index in [4.69, 9.17) is 14.2 Å². The molecule has 0 spiro atoms. The van der Waals surface area contributed by atoms with Crippen LogP contribution in [0.4, 0.5) is 0 Å². The molecule has 0 radical (unpaired) electrons. The van der Waals surface area contributed by atoms with Crippen molar-refractivity contribution in [2.45, 2.75) is 38.6 Å². The summed E-state index contributed by atoms with van der Waals surface area (Å²) in [5, 5.41) is 0. The van der Waals surface area contributed by atoms with Crippen LogP contribution in [0, 0.1) is 0 Å². The zero-order valence-corrected chi connectivity index (χ0v) is 15.1. The first kappa shape index (κ1) is 17.1. The Morgan fingerprint density at radius 1 is 1.12 bits per heavy atom. The number of amides is 1. The Hall–Kier alpha value is -2.37. The Bertz CT molecular complexity index is 792. The molecular formula is C21H23NO4. The third-order valence-electron chi connectivity index (χ3n) is 5.09. The largest absolute Gasteiger partial charge is 0.467 e. The van der Waals surface area contributed by atoms with Crippen molar-refractivity contribution in [2.75, 3.05) is 13.4 Å². The maximum absolute atomic E-state index is 13.3. The first-order chi connectivity index (χ1) is 12.6. The van der Waals surface area contributed by atoms with Crippen molar-refractivity contribution in [1.29, 1.82) is 0 Å². The summed E-state index contributed by atoms with van der Waals surface area (Å²) in [5.41, 5.74) is 2.66. The molecular weight excluding hydrogens is 330 g/mol. The minimum absolute atomic E-state index is 0.0148. The van der Waals surface area contributed by atoms with Crippen molar-refractivity contribution >= 4 is 5.91 Å². The molecule has 0 N–H and O–H groups in total. The number of carbonyl (C=O) groups excluding carboxylic acids is 1. The number of fused-ring (bicyclic) bond motifs is 1. The molecule has 2 heterocycles. The SMILES string of the molecule is C[C@@H]1CO[C@@H](c2ccccc2)[C@@H](C)N1C(=O)c1ccc2c(c1)COCO2. The van der Waals surface area contributed by atoms with Crippen LogP contribution in [0.15, 0.2) is 48.5 Å². The fourth-order valence-electron chi connectivity index (χ4n) is 3.78. The quantitative estimate of drug-likeness (QED) is 0.828. The van der Waals surface area contributed by atoms with Crippen LogP contribution in [0.5, 0.6) is 5.75 Å². The predicted octanol–water partition coefficient (Wildman–Crippen LogP) is 3.54. The van der Waals surface area contributed by atoms with Gasteiger partial charge in [-0.3, -0.25) is 4.79 Å². The molecule has 0 aliphatic carbocycles. The van der Waals surface area contributed by atoms with E-state index in [2.05, 4.69) is 6.92 Å². The van der Waals surface area contributed by atoms with Gasteiger partial charge in [-0.25, -0.2) is 0 Å². The van der Waals surface area contributed by atoms with Crippen molar-refractivity contribution in [3.63, 3.8) is 0 Å². The van der Waals surface area contributed by atoms with Gasteiger partial charge in [-0.15, -0.1) is 0 Å². The van der Waals surface area contributed by atoms with Crippen LogP contribution in [0.25, 0.3) is 0 Å². The Morgan fingerprint density at radius 2 is 1.92 bits per heavy atom. The summed E-state index contributed by atoms with van der Waals surface area (Å²) in [5.74, 6) is 0.806. The standard InChI is InChI=1S/C21H23NO4/c1-14-11-25-20(16-6-4-3-5-7-16)15(2)22(14)21(23)17-8-9-19-18(10-17)12-24-13-26-19/h3-10,14-15,20H,11-13H2,1-2H3/t14-,15-,20-/m1/s1. The van der Waals surface area contributed by atoms with Gasteiger partial charge in [0.1, 0.15) is 11.9 Å². The molecule has 2 aliphatic heterocycles. The van der Waals surface area contributed by atoms with Gasteiger partial charge in [0.25, 0.3) is 5.91 Å². The van der Waals surface area contributed by atoms with Gasteiger partial charge in [0.2, 0.25) is 0 Å². The van der Waals surface area contributed by atoms with Crippen LogP contribution in [-0.2, 0) is 16.1 Å². The number of hydrogen-bond acceptors (Lipinski definition) is 4. The van der Waals surface area contributed by atoms with E-state index in [1.807, 2.05) is 60.4 Å². The summed E-state index contributed by atoms with van der Waals surface area (Å²) in [7, 11) is 0. The zero-order chi connectivity index (χ0) is 18.1. The average Bonchev–Trinajstić information content (AvgIpc) is 2.68. The summed E-state index contributed by atoms with van der Waals surface area (Å²) >= 11 is 0. The summed E-state index contributed by atoms with van der Waals surface area (Å²) < 4.78 is 16.8. The summed E-state index contributed by atoms with van der Waals surface area (Å²) in [6, 6.07) is 15.6. The summed E-state index contributed by atoms with van der Waals surface area (Å²) in [6.45, 7) is 5.33. The monoisotopic (exact) mass is 353 g/mol. The topological polar surface area (TPSA) is 48.0 Å². The Morgan fingerprint density at radius 3 is 2.73 bits per heavy atom. The highest BCUT2D eigenvalue weighted by Crippen LogP contribution is 2.33. The third kappa shape index (κ3) is 3.08. The van der Waals surface area contributed by atoms with Crippen molar-refractivity contribution in [1.82, 2.24) is 4.90 Å². The van der Waals surface area contributed by atoms with Crippen LogP contribution >= 0.6 is 0 Å². The van der Waals surface area contributed by atoms with Gasteiger partial charge < -0.3 is 19.1 Å². The van der Waals surface area contributed by atoms with Gasteiger partial charge in [0.05, 0.1) is 25.3 Å². The summed E-state index contributed by atoms with van der Waals surface area (Å²) in [4.78, 5) is 15.2. The van der Waals surface area contributed by atoms with Crippen LogP contribution < -0.4 is 4.74 Å². The van der Waals surface area contributed by atoms with Crippen molar-refractivity contribution in [3.05, 3.63) is 65.2 Å². The highest BCUT2D eigenvalue weighted by molar-refractivity contribution is 5.95. The lowest BCUT2D eigenvalue weighted by Crippen LogP contribution is -2.53. The molecule has 1 saturated heterocycles. The molecule has 5 heteroatoms. The normalized spacial score (nSPS) is 25.3. The van der Waals surface area contributed by atoms with Gasteiger partial charge in [0.15, 0.2) is 6.79 Å². The third-order valence-corrected chi connectivity index (χ3v) is 5.09. The van der Waals surface area contributed by atoms with Gasteiger partial charge in [-0.05, 0) is 37.6 Å². The molecule has 0 unspecified atom stereocenters. The number of hydrogen-bond donors (Lipinski definition) is 0. The maximum atomic E-state index is 13.3. The molecule has 3 atom stereocenters. The molecule has 2 aromatic rings. The fourth-order valence-corrected chi connectivity index (χ4v) is 3.78. The molecule has 1 amide bonds. The van der Waals surface area contributed by atoms with E-state index in [0.717, 1.165) is 16.9 Å². The van der Waals surface area contributed by atoms with Crippen LogP contribution in [0.1, 0.15) is 41.4 Å². The van der Waals surface area contributed by atoms with E-state index in [0.29, 0.717) is 18.8 Å². The lowest BCUT2D eigenvalue weighted by Gasteiger charge is -2.44. The summed E-state index contributed by atoms with van der Waals surface area (Å²) in [6.07, 6.45) is -0.124. The first-order valence-corrected chi connectivity index (χ1v) is 8.98. The number of benzene rings is 2. The van der Waals surface area contributed by atoms with E-state index in [1.165, 1.54) is 0 Å². The molecule has 26 heavy (non-hydrogen) atoms. The molecule has 0 saturated carbocycles. The zero-order valence-electron chi connectivity index (χ0n) is 15.1. The molecule has 5 nitrogen and oxygen atoms in total. The molecule has 4 rings (SSSR count). The molecule has 0 aromatic heterocycles. The lowest BCUT2D eigenvalue weighted by molar-refractivity contribution is -0.0806. The van der Waals surface area contributed by atoms with Crippen LogP contribution in [0.2, 0.25) is 0 Å². The second-order valence-corrected chi connectivity index (χ2v) is 6.90. The van der Waals surface area contributed by atoms with E-state index in [1.54, 1.807) is 0 Å². The molecule has 1 fully saturated rings. The van der Waals surface area contributed by atoms with E-state index in [-0.39, 0.29) is 30.9 Å². The molecule has 2 aliphatic rings. The number of nitrogens with zero attached hydrogens (tertiary/aromatic N) is 1. The van der Waals surface area contributed by atoms with Gasteiger partial charge in [0, 0.05) is 11.1 Å². The van der Waals surface area contributed by atoms with E-state index < -0.39 is 0 Å². The average molecular weight is 353 g/mol. The van der Waals surface area contributed by atoms with Crippen molar-refractivity contribution < 1.29 is 19.0 Å². The van der Waals surface area contributed by atoms with Crippen molar-refractivity contribution in [3.8, 4) is 5.75 Å². The van der Waals surface area contributed by atoms with Gasteiger partial charge in [-0.1, -0.05) is 30.3 Å².